The van der Waals surface area contributed by atoms with Gasteiger partial charge in [-0.2, -0.15) is 0 Å². The molecular formula is C11H9NO4. The highest BCUT2D eigenvalue weighted by atomic mass is 16.5. The van der Waals surface area contributed by atoms with Crippen LogP contribution in [0.5, 0.6) is 0 Å². The minimum absolute atomic E-state index is 0.0885. The first-order valence-electron chi connectivity index (χ1n) is 4.67. The molecule has 1 aliphatic heterocycles. The molecule has 0 radical (unpaired) electrons. The fraction of sp³-hybridized carbons (Fsp3) is 0.182. The van der Waals surface area contributed by atoms with Gasteiger partial charge in [0.25, 0.3) is 11.8 Å². The van der Waals surface area contributed by atoms with Crippen LogP contribution in [0.2, 0.25) is 0 Å². The van der Waals surface area contributed by atoms with Gasteiger partial charge in [-0.3, -0.25) is 19.7 Å². The quantitative estimate of drug-likeness (QED) is 0.573. The number of methoxy groups -OCH3 is 1. The Kier molecular flexibility index (Phi) is 2.44. The Morgan fingerprint density at radius 3 is 2.62 bits per heavy atom. The zero-order valence-corrected chi connectivity index (χ0v) is 8.57. The normalized spacial score (nSPS) is 13.3. The van der Waals surface area contributed by atoms with Crippen molar-refractivity contribution in [3.8, 4) is 0 Å². The second-order valence-corrected chi connectivity index (χ2v) is 3.42. The van der Waals surface area contributed by atoms with E-state index in [2.05, 4.69) is 10.1 Å². The first kappa shape index (κ1) is 10.4. The maximum Gasteiger partial charge on any atom is 0.309 e. The van der Waals surface area contributed by atoms with E-state index in [1.807, 2.05) is 0 Å². The molecule has 5 nitrogen and oxygen atoms in total. The minimum atomic E-state index is -0.424. The first-order valence-corrected chi connectivity index (χ1v) is 4.67. The third-order valence-corrected chi connectivity index (χ3v) is 2.38. The number of hydrogen-bond acceptors (Lipinski definition) is 4. The summed E-state index contributed by atoms with van der Waals surface area (Å²) in [5, 5.41) is 2.18. The summed E-state index contributed by atoms with van der Waals surface area (Å²) < 4.78 is 4.52. The van der Waals surface area contributed by atoms with E-state index in [-0.39, 0.29) is 12.4 Å². The summed E-state index contributed by atoms with van der Waals surface area (Å²) in [6, 6.07) is 4.70. The van der Waals surface area contributed by atoms with Crippen molar-refractivity contribution in [2.75, 3.05) is 7.11 Å². The van der Waals surface area contributed by atoms with Crippen LogP contribution in [-0.2, 0) is 16.0 Å². The molecule has 1 N–H and O–H groups in total. The van der Waals surface area contributed by atoms with E-state index in [0.29, 0.717) is 16.7 Å². The maximum atomic E-state index is 11.3. The lowest BCUT2D eigenvalue weighted by Crippen LogP contribution is -2.19. The van der Waals surface area contributed by atoms with Crippen LogP contribution in [0.4, 0.5) is 0 Å². The first-order chi connectivity index (χ1) is 7.61. The van der Waals surface area contributed by atoms with Gasteiger partial charge in [-0.1, -0.05) is 6.07 Å². The molecule has 0 spiro atoms. The third kappa shape index (κ3) is 1.67. The van der Waals surface area contributed by atoms with Crippen molar-refractivity contribution in [3.05, 3.63) is 34.9 Å². The minimum Gasteiger partial charge on any atom is -0.469 e. The summed E-state index contributed by atoms with van der Waals surface area (Å²) in [6.45, 7) is 0. The second kappa shape index (κ2) is 3.77. The summed E-state index contributed by atoms with van der Waals surface area (Å²) in [7, 11) is 1.30. The van der Waals surface area contributed by atoms with Gasteiger partial charge in [0.05, 0.1) is 24.7 Å². The van der Waals surface area contributed by atoms with Gasteiger partial charge in [-0.05, 0) is 17.7 Å². The molecular weight excluding hydrogens is 210 g/mol. The van der Waals surface area contributed by atoms with Crippen LogP contribution < -0.4 is 5.32 Å². The predicted octanol–water partition coefficient (Wildman–Crippen LogP) is 0.286. The highest BCUT2D eigenvalue weighted by Crippen LogP contribution is 2.17. The largest absolute Gasteiger partial charge is 0.469 e. The molecule has 1 aromatic rings. The number of benzene rings is 1. The van der Waals surface area contributed by atoms with E-state index in [1.165, 1.54) is 19.2 Å². The van der Waals surface area contributed by atoms with Crippen LogP contribution in [0.1, 0.15) is 26.3 Å². The molecule has 1 aromatic carbocycles. The summed E-state index contributed by atoms with van der Waals surface area (Å²) in [5.41, 5.74) is 1.31. The molecule has 0 aliphatic carbocycles. The molecule has 0 aromatic heterocycles. The lowest BCUT2D eigenvalue weighted by atomic mass is 10.0. The molecule has 2 amide bonds. The van der Waals surface area contributed by atoms with E-state index in [0.717, 1.165) is 0 Å². The van der Waals surface area contributed by atoms with Gasteiger partial charge in [0.2, 0.25) is 0 Å². The molecule has 16 heavy (non-hydrogen) atoms. The number of hydrogen-bond donors (Lipinski definition) is 1. The Morgan fingerprint density at radius 1 is 1.25 bits per heavy atom. The zero-order chi connectivity index (χ0) is 11.7. The van der Waals surface area contributed by atoms with Gasteiger partial charge in [-0.15, -0.1) is 0 Å². The van der Waals surface area contributed by atoms with Crippen molar-refractivity contribution in [2.45, 2.75) is 6.42 Å². The van der Waals surface area contributed by atoms with Crippen molar-refractivity contribution < 1.29 is 19.1 Å². The predicted molar refractivity (Wildman–Crippen MR) is 54.0 cm³/mol. The van der Waals surface area contributed by atoms with Gasteiger partial charge in [0, 0.05) is 0 Å². The van der Waals surface area contributed by atoms with Gasteiger partial charge < -0.3 is 4.74 Å². The molecule has 2 rings (SSSR count). The number of rotatable bonds is 2. The second-order valence-electron chi connectivity index (χ2n) is 3.42. The van der Waals surface area contributed by atoms with Crippen LogP contribution in [0, 0.1) is 0 Å². The Labute approximate surface area is 91.4 Å². The molecule has 0 fully saturated rings. The standard InChI is InChI=1S/C11H9NO4/c1-16-9(13)5-6-2-3-7-8(4-6)11(15)12-10(7)14/h2-4H,5H2,1H3,(H,12,14,15). The van der Waals surface area contributed by atoms with Crippen molar-refractivity contribution in [1.82, 2.24) is 5.32 Å². The molecule has 5 heteroatoms. The molecule has 1 heterocycles. The number of nitrogens with one attached hydrogen (secondary N) is 1. The van der Waals surface area contributed by atoms with Crippen molar-refractivity contribution in [3.63, 3.8) is 0 Å². The van der Waals surface area contributed by atoms with Gasteiger partial charge in [0.15, 0.2) is 0 Å². The van der Waals surface area contributed by atoms with Gasteiger partial charge in [-0.25, -0.2) is 0 Å². The number of amides is 2. The summed E-state index contributed by atoms with van der Waals surface area (Å²) in [4.78, 5) is 33.6. The zero-order valence-electron chi connectivity index (χ0n) is 8.57. The van der Waals surface area contributed by atoms with Gasteiger partial charge in [0.1, 0.15) is 0 Å². The van der Waals surface area contributed by atoms with E-state index in [1.54, 1.807) is 6.07 Å². The van der Waals surface area contributed by atoms with Crippen molar-refractivity contribution in [2.24, 2.45) is 0 Å². The Hall–Kier alpha value is -2.17. The Morgan fingerprint density at radius 2 is 1.94 bits per heavy atom. The van der Waals surface area contributed by atoms with Crippen LogP contribution in [-0.4, -0.2) is 24.9 Å². The van der Waals surface area contributed by atoms with Crippen LogP contribution in [0.25, 0.3) is 0 Å². The molecule has 0 unspecified atom stereocenters. The van der Waals surface area contributed by atoms with Crippen LogP contribution >= 0.6 is 0 Å². The summed E-state index contributed by atoms with van der Waals surface area (Å²) in [5.74, 6) is -1.21. The SMILES string of the molecule is COC(=O)Cc1ccc2c(c1)C(=O)NC2=O. The summed E-state index contributed by atoms with van der Waals surface area (Å²) >= 11 is 0. The number of imide groups is 1. The highest BCUT2D eigenvalue weighted by Gasteiger charge is 2.26. The lowest BCUT2D eigenvalue weighted by Gasteiger charge is -2.01. The van der Waals surface area contributed by atoms with Crippen LogP contribution in [0.3, 0.4) is 0 Å². The Balaban J connectivity index is 2.33. The average molecular weight is 219 g/mol. The topological polar surface area (TPSA) is 72.5 Å². The average Bonchev–Trinajstić information content (AvgIpc) is 2.54. The molecule has 0 saturated carbocycles. The third-order valence-electron chi connectivity index (χ3n) is 2.38. The number of esters is 1. The van der Waals surface area contributed by atoms with Crippen molar-refractivity contribution in [1.29, 1.82) is 0 Å². The maximum absolute atomic E-state index is 11.3. The summed E-state index contributed by atoms with van der Waals surface area (Å²) in [6.07, 6.45) is 0.0885. The number of carbonyl (C=O) groups is 3. The Bertz CT molecular complexity index is 493. The monoisotopic (exact) mass is 219 g/mol. The molecule has 82 valence electrons. The fourth-order valence-corrected chi connectivity index (χ4v) is 1.56. The number of fused-ring (bicyclic) bond motifs is 1. The van der Waals surface area contributed by atoms with Crippen molar-refractivity contribution >= 4 is 17.8 Å². The number of carbonyl (C=O) groups excluding carboxylic acids is 3. The van der Waals surface area contributed by atoms with E-state index >= 15 is 0 Å². The molecule has 0 bridgehead atoms. The number of ether oxygens (including phenoxy) is 1. The van der Waals surface area contributed by atoms with E-state index < -0.39 is 11.8 Å². The van der Waals surface area contributed by atoms with E-state index in [9.17, 15) is 14.4 Å². The fourth-order valence-electron chi connectivity index (χ4n) is 1.56. The van der Waals surface area contributed by atoms with Crippen LogP contribution in [0.15, 0.2) is 18.2 Å². The van der Waals surface area contributed by atoms with E-state index in [4.69, 9.17) is 0 Å². The molecule has 1 aliphatic rings. The smallest absolute Gasteiger partial charge is 0.309 e. The van der Waals surface area contributed by atoms with Gasteiger partial charge >= 0.3 is 5.97 Å². The molecule has 0 atom stereocenters. The highest BCUT2D eigenvalue weighted by molar-refractivity contribution is 6.21. The lowest BCUT2D eigenvalue weighted by molar-refractivity contribution is -0.139. The molecule has 0 saturated heterocycles.